The van der Waals surface area contributed by atoms with Crippen LogP contribution in [0, 0.1) is 0 Å². The van der Waals surface area contributed by atoms with Gasteiger partial charge in [0.25, 0.3) is 0 Å². The highest BCUT2D eigenvalue weighted by atomic mass is 17.2. The maximum Gasteiger partial charge on any atom is 0.373 e. The topological polar surface area (TPSA) is 35.5 Å². The summed E-state index contributed by atoms with van der Waals surface area (Å²) in [5, 5.41) is 0. The molecule has 1 aromatic rings. The van der Waals surface area contributed by atoms with Crippen molar-refractivity contribution in [2.24, 2.45) is 0 Å². The first kappa shape index (κ1) is 8.74. The van der Waals surface area contributed by atoms with Crippen molar-refractivity contribution in [3.8, 4) is 0 Å². The molecular formula is C9H10O3. The van der Waals surface area contributed by atoms with Gasteiger partial charge in [-0.15, -0.1) is 0 Å². The third-order valence-electron chi connectivity index (χ3n) is 1.26. The van der Waals surface area contributed by atoms with Crippen molar-refractivity contribution in [1.82, 2.24) is 0 Å². The summed E-state index contributed by atoms with van der Waals surface area (Å²) in [5.74, 6) is -0.461. The Labute approximate surface area is 70.8 Å². The average Bonchev–Trinajstić information content (AvgIpc) is 2.15. The first-order valence-electron chi connectivity index (χ1n) is 3.73. The summed E-state index contributed by atoms with van der Waals surface area (Å²) in [7, 11) is 0. The molecule has 0 heterocycles. The Kier molecular flexibility index (Phi) is 3.29. The van der Waals surface area contributed by atoms with E-state index in [-0.39, 0.29) is 0 Å². The molecule has 0 unspecified atom stereocenters. The predicted molar refractivity (Wildman–Crippen MR) is 43.5 cm³/mol. The molecule has 0 atom stereocenters. The highest BCUT2D eigenvalue weighted by molar-refractivity contribution is 5.88. The molecule has 0 aromatic heterocycles. The Morgan fingerprint density at radius 2 is 2.00 bits per heavy atom. The number of hydrogen-bond donors (Lipinski definition) is 0. The first-order chi connectivity index (χ1) is 5.84. The van der Waals surface area contributed by atoms with Gasteiger partial charge in [0.15, 0.2) is 0 Å². The SMILES string of the molecule is CCOOC(=O)c1ccccc1. The molecule has 0 spiro atoms. The van der Waals surface area contributed by atoms with Gasteiger partial charge in [0.2, 0.25) is 0 Å². The lowest BCUT2D eigenvalue weighted by Crippen LogP contribution is -2.05. The molecule has 64 valence electrons. The van der Waals surface area contributed by atoms with Crippen molar-refractivity contribution in [3.63, 3.8) is 0 Å². The van der Waals surface area contributed by atoms with E-state index in [1.165, 1.54) is 0 Å². The average molecular weight is 166 g/mol. The fourth-order valence-electron chi connectivity index (χ4n) is 0.735. The van der Waals surface area contributed by atoms with Gasteiger partial charge in [-0.3, -0.25) is 4.89 Å². The minimum absolute atomic E-state index is 0.360. The molecule has 1 rings (SSSR count). The van der Waals surface area contributed by atoms with E-state index in [1.54, 1.807) is 31.2 Å². The lowest BCUT2D eigenvalue weighted by molar-refractivity contribution is -0.236. The van der Waals surface area contributed by atoms with Crippen molar-refractivity contribution in [2.45, 2.75) is 6.92 Å². The highest BCUT2D eigenvalue weighted by Gasteiger charge is 2.05. The second kappa shape index (κ2) is 4.51. The Bertz CT molecular complexity index is 243. The fraction of sp³-hybridized carbons (Fsp3) is 0.222. The molecule has 0 fully saturated rings. The Morgan fingerprint density at radius 3 is 2.58 bits per heavy atom. The summed E-state index contributed by atoms with van der Waals surface area (Å²) in [4.78, 5) is 20.0. The van der Waals surface area contributed by atoms with Crippen LogP contribution in [0.5, 0.6) is 0 Å². The molecular weight excluding hydrogens is 156 g/mol. The zero-order chi connectivity index (χ0) is 8.81. The lowest BCUT2D eigenvalue weighted by atomic mass is 10.2. The van der Waals surface area contributed by atoms with Crippen molar-refractivity contribution in [3.05, 3.63) is 35.9 Å². The second-order valence-electron chi connectivity index (χ2n) is 2.14. The Morgan fingerprint density at radius 1 is 1.33 bits per heavy atom. The molecule has 0 aliphatic rings. The second-order valence-corrected chi connectivity index (χ2v) is 2.14. The lowest BCUT2D eigenvalue weighted by Gasteiger charge is -1.99. The molecule has 1 aromatic carbocycles. The Balaban J connectivity index is 2.54. The summed E-state index contributed by atoms with van der Waals surface area (Å²) in [5.41, 5.74) is 0.492. The van der Waals surface area contributed by atoms with Gasteiger partial charge in [-0.05, 0) is 19.1 Å². The number of carbonyl (C=O) groups is 1. The van der Waals surface area contributed by atoms with Crippen molar-refractivity contribution in [1.29, 1.82) is 0 Å². The normalized spacial score (nSPS) is 9.42. The van der Waals surface area contributed by atoms with Crippen molar-refractivity contribution in [2.75, 3.05) is 6.61 Å². The van der Waals surface area contributed by atoms with E-state index in [0.717, 1.165) is 0 Å². The molecule has 0 radical (unpaired) electrons. The summed E-state index contributed by atoms with van der Waals surface area (Å²) in [6, 6.07) is 8.70. The van der Waals surface area contributed by atoms with E-state index in [9.17, 15) is 4.79 Å². The van der Waals surface area contributed by atoms with Crippen LogP contribution in [-0.2, 0) is 9.78 Å². The van der Waals surface area contributed by atoms with Crippen molar-refractivity contribution >= 4 is 5.97 Å². The zero-order valence-corrected chi connectivity index (χ0v) is 6.82. The van der Waals surface area contributed by atoms with Crippen LogP contribution < -0.4 is 0 Å². The minimum atomic E-state index is -0.461. The molecule has 0 saturated heterocycles. The van der Waals surface area contributed by atoms with E-state index < -0.39 is 5.97 Å². The standard InChI is InChI=1S/C9H10O3/c1-2-11-12-9(10)8-6-4-3-5-7-8/h3-7H,2H2,1H3. The van der Waals surface area contributed by atoms with E-state index in [0.29, 0.717) is 12.2 Å². The van der Waals surface area contributed by atoms with Gasteiger partial charge in [-0.25, -0.2) is 4.79 Å². The summed E-state index contributed by atoms with van der Waals surface area (Å²) < 4.78 is 0. The van der Waals surface area contributed by atoms with Crippen LogP contribution in [0.1, 0.15) is 17.3 Å². The molecule has 0 aliphatic carbocycles. The minimum Gasteiger partial charge on any atom is -0.293 e. The number of hydrogen-bond acceptors (Lipinski definition) is 3. The van der Waals surface area contributed by atoms with E-state index in [1.807, 2.05) is 6.07 Å². The molecule has 0 amide bonds. The zero-order valence-electron chi connectivity index (χ0n) is 6.82. The Hall–Kier alpha value is -1.35. The van der Waals surface area contributed by atoms with Gasteiger partial charge in [0.05, 0.1) is 12.2 Å². The van der Waals surface area contributed by atoms with Crippen LogP contribution in [0.4, 0.5) is 0 Å². The molecule has 3 nitrogen and oxygen atoms in total. The van der Waals surface area contributed by atoms with E-state index in [4.69, 9.17) is 0 Å². The van der Waals surface area contributed by atoms with Gasteiger partial charge >= 0.3 is 5.97 Å². The van der Waals surface area contributed by atoms with Crippen LogP contribution in [0.25, 0.3) is 0 Å². The molecule has 12 heavy (non-hydrogen) atoms. The largest absolute Gasteiger partial charge is 0.373 e. The molecule has 3 heteroatoms. The maximum atomic E-state index is 11.1. The third-order valence-corrected chi connectivity index (χ3v) is 1.26. The van der Waals surface area contributed by atoms with Crippen LogP contribution in [-0.4, -0.2) is 12.6 Å². The van der Waals surface area contributed by atoms with Crippen LogP contribution >= 0.6 is 0 Å². The number of carbonyl (C=O) groups excluding carboxylic acids is 1. The molecule has 0 N–H and O–H groups in total. The van der Waals surface area contributed by atoms with E-state index in [2.05, 4.69) is 9.78 Å². The fourth-order valence-corrected chi connectivity index (χ4v) is 0.735. The number of benzene rings is 1. The quantitative estimate of drug-likeness (QED) is 0.507. The molecule has 0 aliphatic heterocycles. The smallest absolute Gasteiger partial charge is 0.293 e. The molecule has 0 bridgehead atoms. The van der Waals surface area contributed by atoms with Crippen molar-refractivity contribution < 1.29 is 14.6 Å². The highest BCUT2D eigenvalue weighted by Crippen LogP contribution is 2.00. The first-order valence-corrected chi connectivity index (χ1v) is 3.73. The summed E-state index contributed by atoms with van der Waals surface area (Å²) >= 11 is 0. The van der Waals surface area contributed by atoms with Gasteiger partial charge in [0, 0.05) is 0 Å². The van der Waals surface area contributed by atoms with Crippen LogP contribution in [0.15, 0.2) is 30.3 Å². The monoisotopic (exact) mass is 166 g/mol. The molecule has 0 saturated carbocycles. The van der Waals surface area contributed by atoms with Gasteiger partial charge < -0.3 is 0 Å². The van der Waals surface area contributed by atoms with Crippen LogP contribution in [0.2, 0.25) is 0 Å². The summed E-state index contributed by atoms with van der Waals surface area (Å²) in [6.07, 6.45) is 0. The van der Waals surface area contributed by atoms with Crippen LogP contribution in [0.3, 0.4) is 0 Å². The van der Waals surface area contributed by atoms with Gasteiger partial charge in [-0.2, -0.15) is 4.89 Å². The third kappa shape index (κ3) is 2.36. The number of rotatable bonds is 3. The maximum absolute atomic E-state index is 11.1. The van der Waals surface area contributed by atoms with Gasteiger partial charge in [0.1, 0.15) is 0 Å². The summed E-state index contributed by atoms with van der Waals surface area (Å²) in [6.45, 7) is 2.11. The van der Waals surface area contributed by atoms with E-state index >= 15 is 0 Å². The van der Waals surface area contributed by atoms with Gasteiger partial charge in [-0.1, -0.05) is 18.2 Å². The predicted octanol–water partition coefficient (Wildman–Crippen LogP) is 1.79.